The van der Waals surface area contributed by atoms with E-state index < -0.39 is 0 Å². The molecule has 0 amide bonds. The molecule has 19 heavy (non-hydrogen) atoms. The summed E-state index contributed by atoms with van der Waals surface area (Å²) in [6.07, 6.45) is 19.9. The van der Waals surface area contributed by atoms with Crippen molar-refractivity contribution in [3.63, 3.8) is 0 Å². The fraction of sp³-hybridized carbons (Fsp3) is 1.00. The van der Waals surface area contributed by atoms with Crippen LogP contribution in [0.25, 0.3) is 0 Å². The third-order valence-corrected chi connectivity index (χ3v) is 42.7. The minimum absolute atomic E-state index is 1.08. The van der Waals surface area contributed by atoms with Gasteiger partial charge < -0.3 is 0 Å². The second-order valence-corrected chi connectivity index (χ2v) is 32.2. The third kappa shape index (κ3) is 14.8. The van der Waals surface area contributed by atoms with E-state index >= 15 is 0 Å². The molecule has 0 atom stereocenters. The first-order chi connectivity index (χ1) is 9.50. The molecule has 114 valence electrons. The van der Waals surface area contributed by atoms with Crippen molar-refractivity contribution in [3.05, 3.63) is 0 Å². The summed E-state index contributed by atoms with van der Waals surface area (Å²) < 4.78 is 0. The van der Waals surface area contributed by atoms with Gasteiger partial charge in [-0.05, 0) is 0 Å². The van der Waals surface area contributed by atoms with Gasteiger partial charge in [-0.15, -0.1) is 0 Å². The first-order valence-corrected chi connectivity index (χ1v) is 23.5. The Morgan fingerprint density at radius 1 is 0.316 bits per heavy atom. The van der Waals surface area contributed by atoms with E-state index in [1.165, 1.54) is 70.6 Å². The molecule has 0 aliphatic carbocycles. The minimum atomic E-state index is 1.08. The van der Waals surface area contributed by atoms with Gasteiger partial charge in [0.25, 0.3) is 0 Å². The van der Waals surface area contributed by atoms with Crippen LogP contribution in [0.15, 0.2) is 0 Å². The van der Waals surface area contributed by atoms with E-state index in [4.69, 9.17) is 0 Å². The van der Waals surface area contributed by atoms with Crippen molar-refractivity contribution in [1.29, 1.82) is 0 Å². The van der Waals surface area contributed by atoms with Gasteiger partial charge in [0.2, 0.25) is 0 Å². The SMILES string of the molecule is C1CCCCCCC[Se][Se][Se][Se]CCCCCCC1. The van der Waals surface area contributed by atoms with Crippen molar-refractivity contribution in [3.8, 4) is 0 Å². The first-order valence-electron chi connectivity index (χ1n) is 8.08. The Morgan fingerprint density at radius 3 is 0.895 bits per heavy atom. The number of hydrogen-bond donors (Lipinski definition) is 0. The number of rotatable bonds is 0. The van der Waals surface area contributed by atoms with Crippen LogP contribution >= 0.6 is 0 Å². The maximum atomic E-state index is 1.62. The van der Waals surface area contributed by atoms with E-state index in [1.54, 1.807) is 23.5 Å². The van der Waals surface area contributed by atoms with Crippen LogP contribution < -0.4 is 0 Å². The van der Waals surface area contributed by atoms with E-state index in [-0.39, 0.29) is 0 Å². The molecule has 1 aliphatic rings. The van der Waals surface area contributed by atoms with Crippen LogP contribution in [0, 0.1) is 0 Å². The molecule has 1 rings (SSSR count). The Morgan fingerprint density at radius 2 is 0.579 bits per heavy atom. The van der Waals surface area contributed by atoms with E-state index in [9.17, 15) is 0 Å². The molecule has 0 aromatic carbocycles. The molecule has 1 heterocycles. The Bertz CT molecular complexity index is 94.8. The van der Waals surface area contributed by atoms with Crippen molar-refractivity contribution >= 4 is 48.9 Å². The fourth-order valence-electron chi connectivity index (χ4n) is 2.37. The second-order valence-electron chi connectivity index (χ2n) is 5.38. The predicted octanol–water partition coefficient (Wildman–Crippen LogP) is 4.47. The van der Waals surface area contributed by atoms with Gasteiger partial charge in [0.1, 0.15) is 0 Å². The molecule has 0 spiro atoms. The van der Waals surface area contributed by atoms with Crippen LogP contribution in [0.4, 0.5) is 0 Å². The van der Waals surface area contributed by atoms with E-state index in [2.05, 4.69) is 0 Å². The van der Waals surface area contributed by atoms with Crippen molar-refractivity contribution in [2.45, 2.75) is 94.1 Å². The van der Waals surface area contributed by atoms with Crippen LogP contribution in [0.2, 0.25) is 10.6 Å². The predicted molar refractivity (Wildman–Crippen MR) is 92.7 cm³/mol. The Labute approximate surface area is 142 Å². The van der Waals surface area contributed by atoms with Gasteiger partial charge in [0.05, 0.1) is 0 Å². The van der Waals surface area contributed by atoms with Gasteiger partial charge in [-0.2, -0.15) is 0 Å². The summed E-state index contributed by atoms with van der Waals surface area (Å²) >= 11 is 4.42. The van der Waals surface area contributed by atoms with Crippen LogP contribution in [0.3, 0.4) is 0 Å². The monoisotopic (exact) mass is 530 g/mol. The van der Waals surface area contributed by atoms with Gasteiger partial charge >= 0.3 is 143 Å². The first kappa shape index (κ1) is 19.1. The molecule has 1 fully saturated rings. The quantitative estimate of drug-likeness (QED) is 0.409. The Hall–Kier alpha value is 2.08. The van der Waals surface area contributed by atoms with E-state index in [0.717, 1.165) is 48.9 Å². The molecule has 1 aliphatic heterocycles. The van der Waals surface area contributed by atoms with Crippen molar-refractivity contribution < 1.29 is 0 Å². The van der Waals surface area contributed by atoms with Gasteiger partial charge in [-0.1, -0.05) is 0 Å². The summed E-state index contributed by atoms with van der Waals surface area (Å²) in [6.45, 7) is 0. The zero-order valence-corrected chi connectivity index (χ0v) is 19.1. The third-order valence-electron chi connectivity index (χ3n) is 3.58. The molecule has 0 radical (unpaired) electrons. The molecule has 0 nitrogen and oxygen atoms in total. The van der Waals surface area contributed by atoms with Crippen molar-refractivity contribution in [2.75, 3.05) is 0 Å². The normalized spacial score (nSPS) is 24.0. The average Bonchev–Trinajstić information content (AvgIpc) is 2.43. The molecule has 1 saturated heterocycles. The zero-order valence-electron chi connectivity index (χ0n) is 12.2. The summed E-state index contributed by atoms with van der Waals surface area (Å²) in [5, 5.41) is 3.23. The van der Waals surface area contributed by atoms with Crippen LogP contribution in [0.5, 0.6) is 0 Å². The van der Waals surface area contributed by atoms with Crippen LogP contribution in [-0.2, 0) is 0 Å². The topological polar surface area (TPSA) is 0 Å². The summed E-state index contributed by atoms with van der Waals surface area (Å²) in [6, 6.07) is 0. The van der Waals surface area contributed by atoms with Gasteiger partial charge in [0, 0.05) is 0 Å². The van der Waals surface area contributed by atoms with Crippen LogP contribution in [-0.4, -0.2) is 48.9 Å². The molecular formula is C15H30Se4. The molecule has 0 unspecified atom stereocenters. The van der Waals surface area contributed by atoms with Crippen molar-refractivity contribution in [2.24, 2.45) is 0 Å². The van der Waals surface area contributed by atoms with E-state index in [1.807, 2.05) is 0 Å². The molecular weight excluding hydrogens is 496 g/mol. The van der Waals surface area contributed by atoms with Gasteiger partial charge in [-0.25, -0.2) is 0 Å². The molecule has 0 aromatic heterocycles. The van der Waals surface area contributed by atoms with Crippen molar-refractivity contribution in [1.82, 2.24) is 0 Å². The Kier molecular flexibility index (Phi) is 16.6. The summed E-state index contributed by atoms with van der Waals surface area (Å²) in [5.41, 5.74) is 0. The second kappa shape index (κ2) is 16.4. The van der Waals surface area contributed by atoms with Gasteiger partial charge in [0.15, 0.2) is 0 Å². The fourth-order valence-corrected chi connectivity index (χ4v) is 44.4. The zero-order chi connectivity index (χ0) is 13.4. The summed E-state index contributed by atoms with van der Waals surface area (Å²) in [7, 11) is 0. The van der Waals surface area contributed by atoms with E-state index in [0.29, 0.717) is 0 Å². The molecule has 0 saturated carbocycles. The molecule has 0 bridgehead atoms. The Balaban J connectivity index is 2.01. The molecule has 0 N–H and O–H groups in total. The van der Waals surface area contributed by atoms with Crippen LogP contribution in [0.1, 0.15) is 83.5 Å². The standard InChI is InChI=1S/C15H30Se4/c1-2-4-6-8-10-12-14-16-18-19-17-15-13-11-9-7-5-3-1/h1-15H2. The molecule has 4 heteroatoms. The average molecular weight is 526 g/mol. The maximum absolute atomic E-state index is 1.62. The summed E-state index contributed by atoms with van der Waals surface area (Å²) in [5.74, 6) is 0. The number of hydrogen-bond acceptors (Lipinski definition) is 0. The molecule has 0 aromatic rings. The van der Waals surface area contributed by atoms with Gasteiger partial charge in [-0.3, -0.25) is 0 Å². The summed E-state index contributed by atoms with van der Waals surface area (Å²) in [4.78, 5) is 0.